The van der Waals surface area contributed by atoms with E-state index in [0.717, 1.165) is 42.4 Å². The molecule has 1 aromatic carbocycles. The molecular weight excluding hydrogens is 370 g/mol. The van der Waals surface area contributed by atoms with E-state index in [1.807, 2.05) is 29.2 Å². The van der Waals surface area contributed by atoms with Crippen molar-refractivity contribution in [3.63, 3.8) is 0 Å². The second-order valence-corrected chi connectivity index (χ2v) is 7.16. The summed E-state index contributed by atoms with van der Waals surface area (Å²) in [5, 5.41) is 7.12. The molecule has 0 radical (unpaired) electrons. The Balaban J connectivity index is 1.18. The summed E-state index contributed by atoms with van der Waals surface area (Å²) in [5.74, 6) is 1.59. The van der Waals surface area contributed by atoms with Crippen LogP contribution >= 0.6 is 0 Å². The van der Waals surface area contributed by atoms with Gasteiger partial charge in [-0.05, 0) is 35.9 Å². The summed E-state index contributed by atoms with van der Waals surface area (Å²) in [6, 6.07) is 11.6. The minimum Gasteiger partial charge on any atom is -0.454 e. The van der Waals surface area contributed by atoms with E-state index in [1.165, 1.54) is 5.56 Å². The van der Waals surface area contributed by atoms with E-state index >= 15 is 0 Å². The number of hydrogen-bond acceptors (Lipinski definition) is 6. The number of H-pyrrole nitrogens is 1. The number of fused-ring (bicyclic) bond motifs is 1. The van der Waals surface area contributed by atoms with Gasteiger partial charge in [0.05, 0.1) is 5.69 Å². The van der Waals surface area contributed by atoms with Crippen LogP contribution in [-0.4, -0.2) is 63.9 Å². The minimum atomic E-state index is -0.0182. The van der Waals surface area contributed by atoms with Crippen molar-refractivity contribution in [3.05, 3.63) is 60.0 Å². The maximum Gasteiger partial charge on any atom is 0.271 e. The van der Waals surface area contributed by atoms with E-state index in [9.17, 15) is 4.79 Å². The molecule has 2 aliphatic rings. The number of piperazine rings is 1. The van der Waals surface area contributed by atoms with Crippen LogP contribution in [0.1, 0.15) is 16.1 Å². The molecule has 3 aromatic rings. The molecule has 4 heterocycles. The van der Waals surface area contributed by atoms with E-state index in [1.54, 1.807) is 18.5 Å². The lowest BCUT2D eigenvalue weighted by molar-refractivity contribution is 0.0622. The Bertz CT molecular complexity index is 1010. The van der Waals surface area contributed by atoms with E-state index in [2.05, 4.69) is 26.1 Å². The third-order valence-electron chi connectivity index (χ3n) is 5.27. The molecule has 0 saturated carbocycles. The molecule has 1 N–H and O–H groups in total. The smallest absolute Gasteiger partial charge is 0.271 e. The molecule has 0 atom stereocenters. The normalized spacial score (nSPS) is 16.2. The first kappa shape index (κ1) is 17.7. The quantitative estimate of drug-likeness (QED) is 0.734. The van der Waals surface area contributed by atoms with Gasteiger partial charge in [-0.2, -0.15) is 5.10 Å². The third-order valence-corrected chi connectivity index (χ3v) is 5.27. The first-order valence-electron chi connectivity index (χ1n) is 9.62. The Kier molecular flexibility index (Phi) is 4.61. The van der Waals surface area contributed by atoms with Crippen molar-refractivity contribution < 1.29 is 14.3 Å². The molecule has 5 rings (SSSR count). The Labute approximate surface area is 168 Å². The fourth-order valence-electron chi connectivity index (χ4n) is 3.67. The highest BCUT2D eigenvalue weighted by Crippen LogP contribution is 2.32. The summed E-state index contributed by atoms with van der Waals surface area (Å²) >= 11 is 0. The predicted molar refractivity (Wildman–Crippen MR) is 106 cm³/mol. The number of hydrogen-bond donors (Lipinski definition) is 1. The van der Waals surface area contributed by atoms with Gasteiger partial charge in [0.1, 0.15) is 5.69 Å². The highest BCUT2D eigenvalue weighted by atomic mass is 16.7. The van der Waals surface area contributed by atoms with E-state index in [-0.39, 0.29) is 12.7 Å². The van der Waals surface area contributed by atoms with Crippen molar-refractivity contribution in [2.75, 3.05) is 33.0 Å². The molecule has 0 unspecified atom stereocenters. The lowest BCUT2D eigenvalue weighted by Gasteiger charge is -2.34. The maximum atomic E-state index is 12.8. The van der Waals surface area contributed by atoms with Crippen LogP contribution in [0.25, 0.3) is 11.3 Å². The average Bonchev–Trinajstić information content (AvgIpc) is 3.44. The summed E-state index contributed by atoms with van der Waals surface area (Å²) in [6.45, 7) is 4.13. The zero-order valence-electron chi connectivity index (χ0n) is 15.9. The zero-order valence-corrected chi connectivity index (χ0v) is 15.9. The highest BCUT2D eigenvalue weighted by molar-refractivity contribution is 5.93. The largest absolute Gasteiger partial charge is 0.454 e. The standard InChI is InChI=1S/C21H21N5O3/c27-21(18-11-17(23-24-18)16-2-1-5-22-12-16)26-8-6-25(7-9-26)13-15-3-4-19-20(10-15)29-14-28-19/h1-5,10-12H,6-9,13-14H2,(H,23,24). The molecule has 8 heteroatoms. The van der Waals surface area contributed by atoms with Gasteiger partial charge in [-0.25, -0.2) is 0 Å². The van der Waals surface area contributed by atoms with Crippen molar-refractivity contribution in [2.24, 2.45) is 0 Å². The Morgan fingerprint density at radius 1 is 1.07 bits per heavy atom. The zero-order chi connectivity index (χ0) is 19.6. The van der Waals surface area contributed by atoms with Gasteiger partial charge in [0.15, 0.2) is 11.5 Å². The van der Waals surface area contributed by atoms with Crippen LogP contribution in [-0.2, 0) is 6.54 Å². The molecule has 2 aromatic heterocycles. The molecule has 29 heavy (non-hydrogen) atoms. The van der Waals surface area contributed by atoms with Gasteiger partial charge in [0.25, 0.3) is 5.91 Å². The fraction of sp³-hybridized carbons (Fsp3) is 0.286. The van der Waals surface area contributed by atoms with Gasteiger partial charge in [-0.15, -0.1) is 0 Å². The second-order valence-electron chi connectivity index (χ2n) is 7.16. The number of ether oxygens (including phenoxy) is 2. The van der Waals surface area contributed by atoms with Crippen molar-refractivity contribution in [2.45, 2.75) is 6.54 Å². The molecule has 8 nitrogen and oxygen atoms in total. The number of nitrogens with one attached hydrogen (secondary N) is 1. The lowest BCUT2D eigenvalue weighted by Crippen LogP contribution is -2.48. The summed E-state index contributed by atoms with van der Waals surface area (Å²) in [5.41, 5.74) is 3.30. The monoisotopic (exact) mass is 391 g/mol. The fourth-order valence-corrected chi connectivity index (χ4v) is 3.67. The molecule has 0 aliphatic carbocycles. The molecule has 0 bridgehead atoms. The van der Waals surface area contributed by atoms with Crippen LogP contribution in [0.5, 0.6) is 11.5 Å². The lowest BCUT2D eigenvalue weighted by atomic mass is 10.1. The number of aromatic amines is 1. The summed E-state index contributed by atoms with van der Waals surface area (Å²) < 4.78 is 10.8. The van der Waals surface area contributed by atoms with E-state index in [4.69, 9.17) is 9.47 Å². The number of nitrogens with zero attached hydrogens (tertiary/aromatic N) is 4. The number of pyridine rings is 1. The Hall–Kier alpha value is -3.39. The van der Waals surface area contributed by atoms with Gasteiger partial charge < -0.3 is 14.4 Å². The molecular formula is C21H21N5O3. The predicted octanol–water partition coefficient (Wildman–Crippen LogP) is 2.16. The number of benzene rings is 1. The third kappa shape index (κ3) is 3.66. The number of aromatic nitrogens is 3. The van der Waals surface area contributed by atoms with Crippen LogP contribution in [0.2, 0.25) is 0 Å². The van der Waals surface area contributed by atoms with Gasteiger partial charge in [-0.1, -0.05) is 6.07 Å². The van der Waals surface area contributed by atoms with E-state index in [0.29, 0.717) is 18.8 Å². The average molecular weight is 391 g/mol. The van der Waals surface area contributed by atoms with Gasteiger partial charge in [-0.3, -0.25) is 19.8 Å². The molecule has 148 valence electrons. The van der Waals surface area contributed by atoms with Crippen LogP contribution in [0.4, 0.5) is 0 Å². The van der Waals surface area contributed by atoms with Crippen molar-refractivity contribution in [1.82, 2.24) is 25.0 Å². The highest BCUT2D eigenvalue weighted by Gasteiger charge is 2.24. The SMILES string of the molecule is O=C(c1cc(-c2cccnc2)n[nH]1)N1CCN(Cc2ccc3c(c2)OCO3)CC1. The molecule has 0 spiro atoms. The molecule has 2 aliphatic heterocycles. The summed E-state index contributed by atoms with van der Waals surface area (Å²) in [7, 11) is 0. The topological polar surface area (TPSA) is 83.6 Å². The van der Waals surface area contributed by atoms with Crippen LogP contribution in [0.15, 0.2) is 48.8 Å². The van der Waals surface area contributed by atoms with Crippen molar-refractivity contribution >= 4 is 5.91 Å². The summed E-state index contributed by atoms with van der Waals surface area (Å²) in [6.07, 6.45) is 3.45. The number of carbonyl (C=O) groups is 1. The first-order valence-corrected chi connectivity index (χ1v) is 9.62. The second kappa shape index (κ2) is 7.56. The van der Waals surface area contributed by atoms with Crippen LogP contribution < -0.4 is 9.47 Å². The molecule has 1 amide bonds. The number of amides is 1. The Morgan fingerprint density at radius 2 is 1.93 bits per heavy atom. The molecule has 1 fully saturated rings. The van der Waals surface area contributed by atoms with Gasteiger partial charge >= 0.3 is 0 Å². The van der Waals surface area contributed by atoms with Gasteiger partial charge in [0.2, 0.25) is 6.79 Å². The minimum absolute atomic E-state index is 0.0182. The van der Waals surface area contributed by atoms with Crippen molar-refractivity contribution in [1.29, 1.82) is 0 Å². The van der Waals surface area contributed by atoms with Crippen LogP contribution in [0, 0.1) is 0 Å². The number of carbonyl (C=O) groups excluding carboxylic acids is 1. The summed E-state index contributed by atoms with van der Waals surface area (Å²) in [4.78, 5) is 21.1. The first-order chi connectivity index (χ1) is 14.3. The van der Waals surface area contributed by atoms with Gasteiger partial charge in [0, 0.05) is 50.7 Å². The maximum absolute atomic E-state index is 12.8. The van der Waals surface area contributed by atoms with E-state index < -0.39 is 0 Å². The molecule has 1 saturated heterocycles. The Morgan fingerprint density at radius 3 is 2.76 bits per heavy atom. The van der Waals surface area contributed by atoms with Crippen LogP contribution in [0.3, 0.4) is 0 Å². The van der Waals surface area contributed by atoms with Crippen molar-refractivity contribution in [3.8, 4) is 22.8 Å². The number of rotatable bonds is 4.